The second-order valence-corrected chi connectivity index (χ2v) is 3.93. The lowest BCUT2D eigenvalue weighted by Crippen LogP contribution is -2.24. The fourth-order valence-electron chi connectivity index (χ4n) is 1.84. The first-order valence-corrected chi connectivity index (χ1v) is 5.10. The number of amides is 1. The molecular weight excluding hydrogens is 231 g/mol. The molecule has 0 spiro atoms. The minimum atomic E-state index is -1.53. The molecule has 1 amide bonds. The summed E-state index contributed by atoms with van der Waals surface area (Å²) in [5, 5.41) is 0. The van der Waals surface area contributed by atoms with Crippen LogP contribution in [0.5, 0.6) is 0 Å². The first-order valence-electron chi connectivity index (χ1n) is 5.10. The molecule has 1 heterocycles. The van der Waals surface area contributed by atoms with Crippen LogP contribution < -0.4 is 4.90 Å². The first-order chi connectivity index (χ1) is 8.02. The number of hydrogen-bond acceptors (Lipinski definition) is 1. The van der Waals surface area contributed by atoms with Gasteiger partial charge >= 0.3 is 0 Å². The van der Waals surface area contributed by atoms with Crippen molar-refractivity contribution in [2.45, 2.75) is 6.42 Å². The van der Waals surface area contributed by atoms with Gasteiger partial charge in [0, 0.05) is 36.7 Å². The molecule has 1 atom stereocenters. The molecule has 1 aromatic rings. The van der Waals surface area contributed by atoms with Crippen LogP contribution in [0.15, 0.2) is 24.8 Å². The van der Waals surface area contributed by atoms with Gasteiger partial charge in [0.15, 0.2) is 17.5 Å². The Morgan fingerprint density at radius 1 is 1.29 bits per heavy atom. The molecule has 5 heteroatoms. The molecule has 2 nitrogen and oxygen atoms in total. The quantitative estimate of drug-likeness (QED) is 0.575. The lowest BCUT2D eigenvalue weighted by Gasteiger charge is -2.16. The van der Waals surface area contributed by atoms with Gasteiger partial charge in [-0.15, -0.1) is 6.58 Å². The Labute approximate surface area is 96.3 Å². The molecule has 1 aliphatic heterocycles. The maximum Gasteiger partial charge on any atom is 0.227 e. The zero-order chi connectivity index (χ0) is 12.6. The molecule has 0 aromatic heterocycles. The molecule has 0 saturated carbocycles. The number of carbonyl (C=O) groups is 1. The van der Waals surface area contributed by atoms with E-state index in [2.05, 4.69) is 6.58 Å². The number of anilines is 1. The van der Waals surface area contributed by atoms with Gasteiger partial charge in [-0.1, -0.05) is 6.08 Å². The molecule has 2 rings (SSSR count). The topological polar surface area (TPSA) is 20.3 Å². The second kappa shape index (κ2) is 4.24. The van der Waals surface area contributed by atoms with Crippen molar-refractivity contribution in [1.29, 1.82) is 0 Å². The Morgan fingerprint density at radius 2 is 1.88 bits per heavy atom. The van der Waals surface area contributed by atoms with Gasteiger partial charge < -0.3 is 4.90 Å². The van der Waals surface area contributed by atoms with E-state index in [1.54, 1.807) is 6.08 Å². The average molecular weight is 241 g/mol. The van der Waals surface area contributed by atoms with Crippen molar-refractivity contribution in [1.82, 2.24) is 0 Å². The lowest BCUT2D eigenvalue weighted by atomic mass is 10.1. The number of rotatable bonds is 2. The standard InChI is InChI=1S/C12H10F3NO/c1-2-7-3-11(17)16(6-7)8-4-9(13)12(15)10(14)5-8/h2,4-5,7H,1,3,6H2. The van der Waals surface area contributed by atoms with Crippen LogP contribution in [0.4, 0.5) is 18.9 Å². The van der Waals surface area contributed by atoms with Crippen LogP contribution in [-0.4, -0.2) is 12.5 Å². The van der Waals surface area contributed by atoms with Crippen LogP contribution in [0.25, 0.3) is 0 Å². The summed E-state index contributed by atoms with van der Waals surface area (Å²) >= 11 is 0. The van der Waals surface area contributed by atoms with E-state index in [1.165, 1.54) is 4.90 Å². The third kappa shape index (κ3) is 2.05. The van der Waals surface area contributed by atoms with E-state index in [1.807, 2.05) is 0 Å². The molecule has 17 heavy (non-hydrogen) atoms. The van der Waals surface area contributed by atoms with E-state index < -0.39 is 17.5 Å². The van der Waals surface area contributed by atoms with Crippen molar-refractivity contribution in [2.75, 3.05) is 11.4 Å². The van der Waals surface area contributed by atoms with Crippen molar-refractivity contribution in [3.63, 3.8) is 0 Å². The van der Waals surface area contributed by atoms with Crippen LogP contribution in [0.1, 0.15) is 6.42 Å². The van der Waals surface area contributed by atoms with Gasteiger partial charge in [0.1, 0.15) is 0 Å². The first kappa shape index (κ1) is 11.7. The highest BCUT2D eigenvalue weighted by Gasteiger charge is 2.29. The summed E-state index contributed by atoms with van der Waals surface area (Å²) in [7, 11) is 0. The summed E-state index contributed by atoms with van der Waals surface area (Å²) in [6, 6.07) is 1.64. The normalized spacial score (nSPS) is 19.8. The maximum atomic E-state index is 13.0. The van der Waals surface area contributed by atoms with E-state index in [0.29, 0.717) is 6.54 Å². The van der Waals surface area contributed by atoms with Gasteiger partial charge in [0.05, 0.1) is 0 Å². The highest BCUT2D eigenvalue weighted by Crippen LogP contribution is 2.27. The van der Waals surface area contributed by atoms with Crippen LogP contribution >= 0.6 is 0 Å². The summed E-state index contributed by atoms with van der Waals surface area (Å²) in [5.41, 5.74) is 0.0377. The zero-order valence-electron chi connectivity index (χ0n) is 8.92. The molecule has 1 aromatic carbocycles. The van der Waals surface area contributed by atoms with E-state index in [9.17, 15) is 18.0 Å². The molecule has 0 aliphatic carbocycles. The van der Waals surface area contributed by atoms with Crippen LogP contribution in [-0.2, 0) is 4.79 Å². The molecule has 1 unspecified atom stereocenters. The van der Waals surface area contributed by atoms with E-state index >= 15 is 0 Å². The summed E-state index contributed by atoms with van der Waals surface area (Å²) in [6.45, 7) is 3.88. The highest BCUT2D eigenvalue weighted by atomic mass is 19.2. The number of benzene rings is 1. The van der Waals surface area contributed by atoms with E-state index in [0.717, 1.165) is 12.1 Å². The SMILES string of the molecule is C=CC1CC(=O)N(c2cc(F)c(F)c(F)c2)C1. The molecule has 0 bridgehead atoms. The van der Waals surface area contributed by atoms with Gasteiger partial charge in [-0.2, -0.15) is 0 Å². The summed E-state index contributed by atoms with van der Waals surface area (Å²) < 4.78 is 38.8. The number of hydrogen-bond donors (Lipinski definition) is 0. The van der Waals surface area contributed by atoms with Crippen LogP contribution in [0.2, 0.25) is 0 Å². The predicted molar refractivity (Wildman–Crippen MR) is 57.0 cm³/mol. The molecule has 90 valence electrons. The Kier molecular flexibility index (Phi) is 2.92. The smallest absolute Gasteiger partial charge is 0.227 e. The zero-order valence-corrected chi connectivity index (χ0v) is 8.92. The van der Waals surface area contributed by atoms with Crippen LogP contribution in [0, 0.1) is 23.4 Å². The number of nitrogens with zero attached hydrogens (tertiary/aromatic N) is 1. The van der Waals surface area contributed by atoms with E-state index in [4.69, 9.17) is 0 Å². The van der Waals surface area contributed by atoms with Gasteiger partial charge in [0.2, 0.25) is 5.91 Å². The fourth-order valence-corrected chi connectivity index (χ4v) is 1.84. The minimum absolute atomic E-state index is 0.0377. The van der Waals surface area contributed by atoms with Gasteiger partial charge in [-0.05, 0) is 0 Å². The maximum absolute atomic E-state index is 13.0. The Balaban J connectivity index is 2.35. The van der Waals surface area contributed by atoms with Crippen molar-refractivity contribution in [3.8, 4) is 0 Å². The molecule has 1 aliphatic rings. The van der Waals surface area contributed by atoms with Crippen molar-refractivity contribution in [2.24, 2.45) is 5.92 Å². The molecule has 1 saturated heterocycles. The summed E-state index contributed by atoms with van der Waals surface area (Å²) in [5.74, 6) is -4.41. The largest absolute Gasteiger partial charge is 0.312 e. The Morgan fingerprint density at radius 3 is 2.35 bits per heavy atom. The number of halogens is 3. The Bertz CT molecular complexity index is 464. The van der Waals surface area contributed by atoms with Gasteiger partial charge in [0.25, 0.3) is 0 Å². The highest BCUT2D eigenvalue weighted by molar-refractivity contribution is 5.95. The molecule has 0 radical (unpaired) electrons. The number of carbonyl (C=O) groups excluding carboxylic acids is 1. The summed E-state index contributed by atoms with van der Waals surface area (Å²) in [6.07, 6.45) is 1.87. The van der Waals surface area contributed by atoms with Crippen molar-refractivity contribution in [3.05, 3.63) is 42.2 Å². The Hall–Kier alpha value is -1.78. The van der Waals surface area contributed by atoms with E-state index in [-0.39, 0.29) is 23.9 Å². The van der Waals surface area contributed by atoms with Crippen molar-refractivity contribution < 1.29 is 18.0 Å². The third-order valence-corrected chi connectivity index (χ3v) is 2.77. The minimum Gasteiger partial charge on any atom is -0.312 e. The monoisotopic (exact) mass is 241 g/mol. The van der Waals surface area contributed by atoms with Crippen LogP contribution in [0.3, 0.4) is 0 Å². The molecule has 1 fully saturated rings. The third-order valence-electron chi connectivity index (χ3n) is 2.77. The predicted octanol–water partition coefficient (Wildman–Crippen LogP) is 2.64. The fraction of sp³-hybridized carbons (Fsp3) is 0.250. The van der Waals surface area contributed by atoms with Gasteiger partial charge in [-0.3, -0.25) is 4.79 Å². The molecule has 0 N–H and O–H groups in total. The van der Waals surface area contributed by atoms with Gasteiger partial charge in [-0.25, -0.2) is 13.2 Å². The second-order valence-electron chi connectivity index (χ2n) is 3.93. The summed E-state index contributed by atoms with van der Waals surface area (Å²) in [4.78, 5) is 12.8. The lowest BCUT2D eigenvalue weighted by molar-refractivity contribution is -0.117. The molecular formula is C12H10F3NO. The van der Waals surface area contributed by atoms with Crippen molar-refractivity contribution >= 4 is 11.6 Å². The average Bonchev–Trinajstić information content (AvgIpc) is 2.67.